The normalized spacial score (nSPS) is 12.1. The molecule has 1 heterocycles. The van der Waals surface area contributed by atoms with Gasteiger partial charge in [-0.1, -0.05) is 6.92 Å². The predicted octanol–water partition coefficient (Wildman–Crippen LogP) is 0.875. The van der Waals surface area contributed by atoms with Crippen LogP contribution < -0.4 is 11.3 Å². The maximum atomic E-state index is 5.47. The topological polar surface area (TPSA) is 63.8 Å². The van der Waals surface area contributed by atoms with Crippen molar-refractivity contribution in [1.29, 1.82) is 0 Å². The molecule has 1 aromatic rings. The zero-order valence-electron chi connectivity index (χ0n) is 9.12. The molecule has 0 radical (unpaired) electrons. The van der Waals surface area contributed by atoms with E-state index >= 15 is 0 Å². The molecule has 0 aliphatic carbocycles. The van der Waals surface area contributed by atoms with Crippen LogP contribution in [0.3, 0.4) is 0 Å². The first-order valence-corrected chi connectivity index (χ1v) is 4.95. The van der Waals surface area contributed by atoms with Gasteiger partial charge in [-0.3, -0.25) is 11.3 Å². The molecule has 0 amide bonds. The monoisotopic (exact) mass is 204 g/mol. The Morgan fingerprint density at radius 1 is 1.60 bits per heavy atom. The van der Waals surface area contributed by atoms with Gasteiger partial charge >= 0.3 is 0 Å². The second-order valence-corrected chi connectivity index (χ2v) is 3.37. The fraction of sp³-hybridized carbons (Fsp3) is 0.455. The van der Waals surface area contributed by atoms with E-state index < -0.39 is 0 Å². The predicted molar refractivity (Wildman–Crippen MR) is 59.7 cm³/mol. The number of rotatable bonds is 4. The highest BCUT2D eigenvalue weighted by atomic mass is 15.2. The van der Waals surface area contributed by atoms with Crippen molar-refractivity contribution < 1.29 is 0 Å². The molecule has 0 fully saturated rings. The van der Waals surface area contributed by atoms with E-state index in [2.05, 4.69) is 21.5 Å². The molecule has 1 unspecified atom stereocenters. The maximum absolute atomic E-state index is 5.47. The fourth-order valence-electron chi connectivity index (χ4n) is 1.49. The van der Waals surface area contributed by atoms with E-state index in [4.69, 9.17) is 12.3 Å². The average molecular weight is 204 g/mol. The van der Waals surface area contributed by atoms with Crippen molar-refractivity contribution in [2.24, 2.45) is 5.84 Å². The van der Waals surface area contributed by atoms with Gasteiger partial charge in [0.25, 0.3) is 0 Å². The third kappa shape index (κ3) is 2.75. The standard InChI is InChI=1S/C11H16N4/c1-4-6-11(13-12)9-7-8(3)14-15-10(9)5-2/h1,7,11,13H,5-6,12H2,2-3H3. The Morgan fingerprint density at radius 3 is 2.87 bits per heavy atom. The lowest BCUT2D eigenvalue weighted by atomic mass is 10.0. The highest BCUT2D eigenvalue weighted by molar-refractivity contribution is 5.25. The Labute approximate surface area is 90.3 Å². The lowest BCUT2D eigenvalue weighted by molar-refractivity contribution is 0.557. The first-order valence-electron chi connectivity index (χ1n) is 4.95. The Hall–Kier alpha value is -1.44. The van der Waals surface area contributed by atoms with Crippen LogP contribution in [0.1, 0.15) is 36.3 Å². The molecule has 0 aromatic carbocycles. The number of aromatic nitrogens is 2. The van der Waals surface area contributed by atoms with E-state index in [0.29, 0.717) is 6.42 Å². The summed E-state index contributed by atoms with van der Waals surface area (Å²) in [6, 6.07) is 1.94. The number of hydrogen-bond donors (Lipinski definition) is 2. The number of nitrogens with two attached hydrogens (primary N) is 1. The summed E-state index contributed by atoms with van der Waals surface area (Å²) >= 11 is 0. The molecule has 0 aliphatic rings. The molecule has 1 aromatic heterocycles. The lowest BCUT2D eigenvalue weighted by Crippen LogP contribution is -2.29. The fourth-order valence-corrected chi connectivity index (χ4v) is 1.49. The van der Waals surface area contributed by atoms with Crippen LogP contribution in [0, 0.1) is 19.3 Å². The van der Waals surface area contributed by atoms with Crippen molar-refractivity contribution in [1.82, 2.24) is 15.6 Å². The maximum Gasteiger partial charge on any atom is 0.0677 e. The van der Waals surface area contributed by atoms with Gasteiger partial charge in [0, 0.05) is 6.42 Å². The minimum Gasteiger partial charge on any atom is -0.271 e. The third-order valence-corrected chi connectivity index (χ3v) is 2.26. The molecular weight excluding hydrogens is 188 g/mol. The first kappa shape index (κ1) is 11.6. The largest absolute Gasteiger partial charge is 0.271 e. The quantitative estimate of drug-likeness (QED) is 0.434. The zero-order valence-corrected chi connectivity index (χ0v) is 9.12. The molecule has 0 saturated heterocycles. The van der Waals surface area contributed by atoms with Gasteiger partial charge in [-0.2, -0.15) is 10.2 Å². The zero-order chi connectivity index (χ0) is 11.3. The van der Waals surface area contributed by atoms with Crippen molar-refractivity contribution in [2.75, 3.05) is 0 Å². The Morgan fingerprint density at radius 2 is 2.33 bits per heavy atom. The number of hydrogen-bond acceptors (Lipinski definition) is 4. The Balaban J connectivity index is 3.09. The minimum absolute atomic E-state index is 0.0425. The number of aryl methyl sites for hydroxylation is 2. The van der Waals surface area contributed by atoms with Crippen molar-refractivity contribution >= 4 is 0 Å². The van der Waals surface area contributed by atoms with Crippen LogP contribution in [0.25, 0.3) is 0 Å². The third-order valence-electron chi connectivity index (χ3n) is 2.26. The summed E-state index contributed by atoms with van der Waals surface area (Å²) < 4.78 is 0. The van der Waals surface area contributed by atoms with E-state index in [1.807, 2.05) is 19.9 Å². The molecule has 1 rings (SSSR count). The lowest BCUT2D eigenvalue weighted by Gasteiger charge is -2.16. The number of nitrogens with one attached hydrogen (secondary N) is 1. The number of terminal acetylenes is 1. The molecule has 0 bridgehead atoms. The van der Waals surface area contributed by atoms with E-state index in [9.17, 15) is 0 Å². The van der Waals surface area contributed by atoms with Crippen LogP contribution in [0.2, 0.25) is 0 Å². The van der Waals surface area contributed by atoms with Crippen LogP contribution in [-0.2, 0) is 6.42 Å². The SMILES string of the molecule is C#CCC(NN)c1cc(C)nnc1CC. The number of nitrogens with zero attached hydrogens (tertiary/aromatic N) is 2. The van der Waals surface area contributed by atoms with Gasteiger partial charge in [-0.05, 0) is 25.0 Å². The molecule has 0 saturated carbocycles. The van der Waals surface area contributed by atoms with E-state index in [-0.39, 0.29) is 6.04 Å². The molecule has 4 nitrogen and oxygen atoms in total. The molecule has 1 atom stereocenters. The van der Waals surface area contributed by atoms with Gasteiger partial charge < -0.3 is 0 Å². The number of hydrazine groups is 1. The molecule has 3 N–H and O–H groups in total. The van der Waals surface area contributed by atoms with Gasteiger partial charge in [0.2, 0.25) is 0 Å². The van der Waals surface area contributed by atoms with E-state index in [1.165, 1.54) is 0 Å². The Bertz CT molecular complexity index is 367. The summed E-state index contributed by atoms with van der Waals surface area (Å²) in [7, 11) is 0. The van der Waals surface area contributed by atoms with Gasteiger partial charge in [-0.15, -0.1) is 12.3 Å². The van der Waals surface area contributed by atoms with Crippen molar-refractivity contribution in [3.8, 4) is 12.3 Å². The van der Waals surface area contributed by atoms with Crippen LogP contribution in [0.15, 0.2) is 6.07 Å². The van der Waals surface area contributed by atoms with Crippen LogP contribution in [0.4, 0.5) is 0 Å². The molecule has 4 heteroatoms. The van der Waals surface area contributed by atoms with Crippen molar-refractivity contribution in [3.05, 3.63) is 23.0 Å². The summed E-state index contributed by atoms with van der Waals surface area (Å²) in [5, 5.41) is 8.15. The molecule has 0 spiro atoms. The second-order valence-electron chi connectivity index (χ2n) is 3.37. The van der Waals surface area contributed by atoms with Gasteiger partial charge in [0.1, 0.15) is 0 Å². The minimum atomic E-state index is -0.0425. The van der Waals surface area contributed by atoms with Crippen LogP contribution in [-0.4, -0.2) is 10.2 Å². The molecule has 80 valence electrons. The summed E-state index contributed by atoms with van der Waals surface area (Å²) in [4.78, 5) is 0. The highest BCUT2D eigenvalue weighted by Crippen LogP contribution is 2.19. The van der Waals surface area contributed by atoms with Gasteiger partial charge in [0.05, 0.1) is 17.4 Å². The van der Waals surface area contributed by atoms with Crippen molar-refractivity contribution in [2.45, 2.75) is 32.7 Å². The second kappa shape index (κ2) is 5.44. The molecule has 15 heavy (non-hydrogen) atoms. The summed E-state index contributed by atoms with van der Waals surface area (Å²) in [5.74, 6) is 8.07. The Kier molecular flexibility index (Phi) is 4.22. The van der Waals surface area contributed by atoms with Crippen molar-refractivity contribution in [3.63, 3.8) is 0 Å². The smallest absolute Gasteiger partial charge is 0.0677 e. The van der Waals surface area contributed by atoms with E-state index in [0.717, 1.165) is 23.4 Å². The van der Waals surface area contributed by atoms with Crippen LogP contribution in [0.5, 0.6) is 0 Å². The summed E-state index contributed by atoms with van der Waals surface area (Å²) in [6.45, 7) is 3.94. The summed E-state index contributed by atoms with van der Waals surface area (Å²) in [6.07, 6.45) is 6.67. The van der Waals surface area contributed by atoms with E-state index in [1.54, 1.807) is 0 Å². The molecular formula is C11H16N4. The van der Waals surface area contributed by atoms with Crippen LogP contribution >= 0.6 is 0 Å². The molecule has 0 aliphatic heterocycles. The summed E-state index contributed by atoms with van der Waals surface area (Å²) in [5.41, 5.74) is 5.58. The van der Waals surface area contributed by atoms with Gasteiger partial charge in [-0.25, -0.2) is 0 Å². The highest BCUT2D eigenvalue weighted by Gasteiger charge is 2.13. The first-order chi connectivity index (χ1) is 7.22. The van der Waals surface area contributed by atoms with Gasteiger partial charge in [0.15, 0.2) is 0 Å². The average Bonchev–Trinajstić information content (AvgIpc) is 2.26.